The van der Waals surface area contributed by atoms with Crippen LogP contribution in [0.5, 0.6) is 5.75 Å². The third kappa shape index (κ3) is 5.76. The van der Waals surface area contributed by atoms with Gasteiger partial charge in [-0.05, 0) is 52.3 Å². The molecule has 5 heteroatoms. The summed E-state index contributed by atoms with van der Waals surface area (Å²) in [6.07, 6.45) is 0.125. The van der Waals surface area contributed by atoms with Gasteiger partial charge in [-0.2, -0.15) is 0 Å². The van der Waals surface area contributed by atoms with Crippen molar-refractivity contribution in [2.24, 2.45) is 0 Å². The molecule has 0 N–H and O–H groups in total. The molecule has 0 aliphatic rings. The first-order valence-corrected chi connectivity index (χ1v) is 7.41. The van der Waals surface area contributed by atoms with E-state index in [1.54, 1.807) is 25.1 Å². The summed E-state index contributed by atoms with van der Waals surface area (Å²) in [5, 5.41) is 0. The van der Waals surface area contributed by atoms with Gasteiger partial charge in [-0.15, -0.1) is 0 Å². The molecule has 0 fully saturated rings. The number of hydrogen-bond acceptors (Lipinski definition) is 5. The van der Waals surface area contributed by atoms with Gasteiger partial charge < -0.3 is 14.2 Å². The highest BCUT2D eigenvalue weighted by Crippen LogP contribution is 2.22. The maximum absolute atomic E-state index is 11.9. The minimum Gasteiger partial charge on any atom is -0.493 e. The Hall–Kier alpha value is -2.04. The van der Waals surface area contributed by atoms with Crippen LogP contribution >= 0.6 is 0 Å². The Morgan fingerprint density at radius 3 is 2.32 bits per heavy atom. The number of ether oxygens (including phenoxy) is 3. The van der Waals surface area contributed by atoms with Crippen LogP contribution in [-0.4, -0.2) is 30.8 Å². The fraction of sp³-hybridized carbons (Fsp3) is 0.529. The summed E-state index contributed by atoms with van der Waals surface area (Å²) in [5.74, 6) is -0.337. The maximum Gasteiger partial charge on any atom is 0.341 e. The normalized spacial score (nSPS) is 11.0. The average Bonchev–Trinajstić information content (AvgIpc) is 2.37. The Morgan fingerprint density at radius 2 is 1.77 bits per heavy atom. The summed E-state index contributed by atoms with van der Waals surface area (Å²) >= 11 is 0. The summed E-state index contributed by atoms with van der Waals surface area (Å²) in [7, 11) is 0. The molecular formula is C17H24O5. The molecule has 0 saturated heterocycles. The van der Waals surface area contributed by atoms with Crippen molar-refractivity contribution in [2.45, 2.75) is 46.6 Å². The van der Waals surface area contributed by atoms with Crippen molar-refractivity contribution in [3.63, 3.8) is 0 Å². The van der Waals surface area contributed by atoms with E-state index >= 15 is 0 Å². The standard InChI is InChI=1S/C17H24O5/c1-6-20-14-10-12(11-15(18)22-17(3,4)5)8-9-13(14)16(19)21-7-2/h8-10H,6-7,11H2,1-5H3. The van der Waals surface area contributed by atoms with Crippen molar-refractivity contribution >= 4 is 11.9 Å². The molecule has 0 amide bonds. The van der Waals surface area contributed by atoms with E-state index in [1.807, 2.05) is 27.7 Å². The van der Waals surface area contributed by atoms with Gasteiger partial charge in [-0.3, -0.25) is 4.79 Å². The van der Waals surface area contributed by atoms with Gasteiger partial charge in [-0.1, -0.05) is 6.07 Å². The van der Waals surface area contributed by atoms with Crippen LogP contribution in [0.4, 0.5) is 0 Å². The lowest BCUT2D eigenvalue weighted by Crippen LogP contribution is -2.24. The largest absolute Gasteiger partial charge is 0.493 e. The fourth-order valence-electron chi connectivity index (χ4n) is 1.87. The SMILES string of the molecule is CCOC(=O)c1ccc(CC(=O)OC(C)(C)C)cc1OCC. The number of carbonyl (C=O) groups is 2. The monoisotopic (exact) mass is 308 g/mol. The quantitative estimate of drug-likeness (QED) is 0.755. The molecule has 0 aliphatic carbocycles. The Kier molecular flexibility index (Phi) is 6.40. The highest BCUT2D eigenvalue weighted by atomic mass is 16.6. The van der Waals surface area contributed by atoms with Gasteiger partial charge in [0.2, 0.25) is 0 Å². The van der Waals surface area contributed by atoms with Crippen LogP contribution in [-0.2, 0) is 20.7 Å². The van der Waals surface area contributed by atoms with E-state index in [4.69, 9.17) is 14.2 Å². The van der Waals surface area contributed by atoms with Crippen molar-refractivity contribution in [1.29, 1.82) is 0 Å². The van der Waals surface area contributed by atoms with E-state index in [-0.39, 0.29) is 12.4 Å². The van der Waals surface area contributed by atoms with Crippen LogP contribution in [0.1, 0.15) is 50.5 Å². The molecule has 0 radical (unpaired) electrons. The highest BCUT2D eigenvalue weighted by Gasteiger charge is 2.19. The number of carbonyl (C=O) groups excluding carboxylic acids is 2. The van der Waals surface area contributed by atoms with Gasteiger partial charge in [-0.25, -0.2) is 4.79 Å². The molecule has 0 spiro atoms. The third-order valence-corrected chi connectivity index (χ3v) is 2.61. The fourth-order valence-corrected chi connectivity index (χ4v) is 1.87. The molecule has 1 aromatic rings. The Bertz CT molecular complexity index is 528. The van der Waals surface area contributed by atoms with Gasteiger partial charge in [0.05, 0.1) is 19.6 Å². The van der Waals surface area contributed by atoms with Crippen LogP contribution in [0.2, 0.25) is 0 Å². The zero-order valence-corrected chi connectivity index (χ0v) is 13.9. The first-order valence-electron chi connectivity index (χ1n) is 7.41. The molecule has 0 saturated carbocycles. The summed E-state index contributed by atoms with van der Waals surface area (Å²) in [6.45, 7) is 9.75. The second kappa shape index (κ2) is 7.82. The number of rotatable bonds is 6. The molecular weight excluding hydrogens is 284 g/mol. The Morgan fingerprint density at radius 1 is 1.09 bits per heavy atom. The Labute approximate surface area is 131 Å². The third-order valence-electron chi connectivity index (χ3n) is 2.61. The molecule has 22 heavy (non-hydrogen) atoms. The predicted molar refractivity (Wildman–Crippen MR) is 83.1 cm³/mol. The van der Waals surface area contributed by atoms with Gasteiger partial charge in [0, 0.05) is 0 Å². The van der Waals surface area contributed by atoms with E-state index in [0.29, 0.717) is 24.5 Å². The molecule has 0 heterocycles. The molecule has 1 rings (SSSR count). The van der Waals surface area contributed by atoms with Crippen LogP contribution in [0.25, 0.3) is 0 Å². The maximum atomic E-state index is 11.9. The minimum atomic E-state index is -0.523. The molecule has 122 valence electrons. The van der Waals surface area contributed by atoms with Crippen molar-refractivity contribution in [3.05, 3.63) is 29.3 Å². The predicted octanol–water partition coefficient (Wildman–Crippen LogP) is 3.15. The smallest absolute Gasteiger partial charge is 0.341 e. The van der Waals surface area contributed by atoms with E-state index in [2.05, 4.69) is 0 Å². The molecule has 1 aromatic carbocycles. The summed E-state index contributed by atoms with van der Waals surface area (Å²) in [5.41, 5.74) is 0.562. The average molecular weight is 308 g/mol. The van der Waals surface area contributed by atoms with E-state index < -0.39 is 11.6 Å². The van der Waals surface area contributed by atoms with Gasteiger partial charge in [0.15, 0.2) is 0 Å². The summed E-state index contributed by atoms with van der Waals surface area (Å²) in [6, 6.07) is 5.00. The van der Waals surface area contributed by atoms with E-state index in [9.17, 15) is 9.59 Å². The zero-order valence-electron chi connectivity index (χ0n) is 13.9. The van der Waals surface area contributed by atoms with Crippen molar-refractivity contribution in [3.8, 4) is 5.75 Å². The molecule has 0 aromatic heterocycles. The van der Waals surface area contributed by atoms with Crippen molar-refractivity contribution in [1.82, 2.24) is 0 Å². The van der Waals surface area contributed by atoms with Crippen molar-refractivity contribution in [2.75, 3.05) is 13.2 Å². The highest BCUT2D eigenvalue weighted by molar-refractivity contribution is 5.92. The first-order chi connectivity index (χ1) is 10.3. The molecule has 0 aliphatic heterocycles. The molecule has 0 unspecified atom stereocenters. The molecule has 0 atom stereocenters. The Balaban J connectivity index is 2.92. The zero-order chi connectivity index (χ0) is 16.8. The first kappa shape index (κ1) is 18.0. The topological polar surface area (TPSA) is 61.8 Å². The number of esters is 2. The van der Waals surface area contributed by atoms with Crippen molar-refractivity contribution < 1.29 is 23.8 Å². The van der Waals surface area contributed by atoms with Gasteiger partial charge >= 0.3 is 11.9 Å². The van der Waals surface area contributed by atoms with Crippen LogP contribution in [0.15, 0.2) is 18.2 Å². The van der Waals surface area contributed by atoms with Crippen LogP contribution in [0.3, 0.4) is 0 Å². The van der Waals surface area contributed by atoms with Crippen LogP contribution in [0, 0.1) is 0 Å². The summed E-state index contributed by atoms with van der Waals surface area (Å²) < 4.78 is 15.8. The lowest BCUT2D eigenvalue weighted by Gasteiger charge is -2.19. The van der Waals surface area contributed by atoms with E-state index in [0.717, 1.165) is 5.56 Å². The van der Waals surface area contributed by atoms with Gasteiger partial charge in [0.25, 0.3) is 0 Å². The lowest BCUT2D eigenvalue weighted by atomic mass is 10.1. The van der Waals surface area contributed by atoms with E-state index in [1.165, 1.54) is 0 Å². The van der Waals surface area contributed by atoms with Crippen LogP contribution < -0.4 is 4.74 Å². The lowest BCUT2D eigenvalue weighted by molar-refractivity contribution is -0.153. The number of benzene rings is 1. The second-order valence-corrected chi connectivity index (χ2v) is 5.75. The summed E-state index contributed by atoms with van der Waals surface area (Å²) in [4.78, 5) is 23.7. The molecule has 5 nitrogen and oxygen atoms in total. The number of hydrogen-bond donors (Lipinski definition) is 0. The molecule has 0 bridgehead atoms. The second-order valence-electron chi connectivity index (χ2n) is 5.75. The minimum absolute atomic E-state index is 0.125. The van der Waals surface area contributed by atoms with Gasteiger partial charge in [0.1, 0.15) is 16.9 Å².